The number of fused-ring (bicyclic) bond motifs is 1. The van der Waals surface area contributed by atoms with Crippen molar-refractivity contribution in [2.75, 3.05) is 19.6 Å². The van der Waals surface area contributed by atoms with Crippen molar-refractivity contribution in [1.29, 1.82) is 0 Å². The number of hydrogen-bond acceptors (Lipinski definition) is 4. The second-order valence-electron chi connectivity index (χ2n) is 4.85. The molecule has 2 aliphatic heterocycles. The summed E-state index contributed by atoms with van der Waals surface area (Å²) in [5, 5.41) is 12.0. The molecular weight excluding hydrogens is 206 g/mol. The topological polar surface area (TPSA) is 78.6 Å². The van der Waals surface area contributed by atoms with E-state index < -0.39 is 12.0 Å². The molecule has 0 spiro atoms. The van der Waals surface area contributed by atoms with Gasteiger partial charge in [0.05, 0.1) is 0 Å². The molecule has 4 N–H and O–H groups in total. The van der Waals surface area contributed by atoms with Crippen molar-refractivity contribution in [3.63, 3.8) is 0 Å². The predicted molar refractivity (Wildman–Crippen MR) is 61.2 cm³/mol. The second kappa shape index (κ2) is 5.12. The van der Waals surface area contributed by atoms with Gasteiger partial charge in [-0.05, 0) is 25.8 Å². The van der Waals surface area contributed by atoms with Gasteiger partial charge in [0.15, 0.2) is 0 Å². The van der Waals surface area contributed by atoms with Crippen LogP contribution >= 0.6 is 0 Å². The third-order valence-electron chi connectivity index (χ3n) is 3.77. The first kappa shape index (κ1) is 11.8. The second-order valence-corrected chi connectivity index (χ2v) is 4.85. The van der Waals surface area contributed by atoms with Gasteiger partial charge >= 0.3 is 5.97 Å². The fourth-order valence-electron chi connectivity index (χ4n) is 2.85. The number of piperidine rings is 1. The Morgan fingerprint density at radius 2 is 2.25 bits per heavy atom. The molecule has 3 atom stereocenters. The first-order chi connectivity index (χ1) is 7.68. The Bertz CT molecular complexity index is 260. The molecule has 2 fully saturated rings. The van der Waals surface area contributed by atoms with E-state index in [1.165, 1.54) is 25.8 Å². The number of carboxylic acid groups (broad SMARTS) is 1. The van der Waals surface area contributed by atoms with Crippen LogP contribution in [0.4, 0.5) is 0 Å². The van der Waals surface area contributed by atoms with Crippen LogP contribution in [-0.4, -0.2) is 53.7 Å². The number of aliphatic carboxylic acids is 1. The lowest BCUT2D eigenvalue weighted by Crippen LogP contribution is -2.49. The van der Waals surface area contributed by atoms with Crippen molar-refractivity contribution < 1.29 is 9.90 Å². The highest BCUT2D eigenvalue weighted by Crippen LogP contribution is 2.26. The number of nitrogens with two attached hydrogens (primary N) is 1. The minimum absolute atomic E-state index is 0.379. The minimum Gasteiger partial charge on any atom is -0.480 e. The summed E-state index contributed by atoms with van der Waals surface area (Å²) in [4.78, 5) is 13.1. The summed E-state index contributed by atoms with van der Waals surface area (Å²) in [6, 6.07) is 0.262. The van der Waals surface area contributed by atoms with Gasteiger partial charge in [-0.2, -0.15) is 0 Å². The Morgan fingerprint density at radius 3 is 3.00 bits per heavy atom. The Labute approximate surface area is 96.0 Å². The molecule has 0 amide bonds. The monoisotopic (exact) mass is 227 g/mol. The van der Waals surface area contributed by atoms with Crippen molar-refractivity contribution in [3.05, 3.63) is 0 Å². The summed E-state index contributed by atoms with van der Waals surface area (Å²) >= 11 is 0. The molecule has 2 aliphatic rings. The van der Waals surface area contributed by atoms with Crippen molar-refractivity contribution in [3.8, 4) is 0 Å². The lowest BCUT2D eigenvalue weighted by Gasteiger charge is -2.32. The number of hydrogen-bond donors (Lipinski definition) is 3. The number of rotatable bonds is 4. The van der Waals surface area contributed by atoms with Gasteiger partial charge < -0.3 is 16.2 Å². The third kappa shape index (κ3) is 2.53. The third-order valence-corrected chi connectivity index (χ3v) is 3.77. The smallest absolute Gasteiger partial charge is 0.321 e. The maximum Gasteiger partial charge on any atom is 0.321 e. The van der Waals surface area contributed by atoms with E-state index in [9.17, 15) is 4.79 Å². The molecule has 3 unspecified atom stereocenters. The van der Waals surface area contributed by atoms with Crippen molar-refractivity contribution in [2.45, 2.75) is 43.8 Å². The standard InChI is InChI=1S/C11H21N3O2/c12-8(11(15)16)7-13-9-4-6-14-5-2-1-3-10(9)14/h8-10,13H,1-7,12H2,(H,15,16). The summed E-state index contributed by atoms with van der Waals surface area (Å²) in [5.74, 6) is -0.925. The zero-order valence-corrected chi connectivity index (χ0v) is 9.56. The molecule has 2 heterocycles. The first-order valence-electron chi connectivity index (χ1n) is 6.14. The van der Waals surface area contributed by atoms with E-state index in [1.54, 1.807) is 0 Å². The van der Waals surface area contributed by atoms with E-state index in [4.69, 9.17) is 10.8 Å². The molecule has 92 valence electrons. The summed E-state index contributed by atoms with van der Waals surface area (Å²) in [7, 11) is 0. The van der Waals surface area contributed by atoms with E-state index in [0.29, 0.717) is 18.6 Å². The largest absolute Gasteiger partial charge is 0.480 e. The molecule has 16 heavy (non-hydrogen) atoms. The van der Waals surface area contributed by atoms with Crippen LogP contribution in [0.25, 0.3) is 0 Å². The molecule has 0 bridgehead atoms. The highest BCUT2D eigenvalue weighted by molar-refractivity contribution is 5.73. The van der Waals surface area contributed by atoms with Crippen LogP contribution in [0.15, 0.2) is 0 Å². The molecule has 0 aromatic carbocycles. The maximum absolute atomic E-state index is 10.6. The van der Waals surface area contributed by atoms with Gasteiger partial charge in [0.1, 0.15) is 6.04 Å². The van der Waals surface area contributed by atoms with Crippen LogP contribution in [-0.2, 0) is 4.79 Å². The zero-order chi connectivity index (χ0) is 11.5. The van der Waals surface area contributed by atoms with E-state index in [2.05, 4.69) is 10.2 Å². The fraction of sp³-hybridized carbons (Fsp3) is 0.909. The molecule has 0 saturated carbocycles. The van der Waals surface area contributed by atoms with Gasteiger partial charge in [-0.25, -0.2) is 0 Å². The lowest BCUT2D eigenvalue weighted by atomic mass is 9.99. The van der Waals surface area contributed by atoms with Crippen LogP contribution in [0.3, 0.4) is 0 Å². The van der Waals surface area contributed by atoms with Crippen LogP contribution in [0.5, 0.6) is 0 Å². The van der Waals surface area contributed by atoms with Gasteiger partial charge in [0, 0.05) is 25.2 Å². The van der Waals surface area contributed by atoms with E-state index in [1.807, 2.05) is 0 Å². The quantitative estimate of drug-likeness (QED) is 0.610. The van der Waals surface area contributed by atoms with Crippen molar-refractivity contribution in [2.24, 2.45) is 5.73 Å². The number of carboxylic acids is 1. The van der Waals surface area contributed by atoms with Gasteiger partial charge in [-0.15, -0.1) is 0 Å². The van der Waals surface area contributed by atoms with E-state index >= 15 is 0 Å². The SMILES string of the molecule is NC(CNC1CCN2CCCCC12)C(=O)O. The van der Waals surface area contributed by atoms with Crippen molar-refractivity contribution >= 4 is 5.97 Å². The van der Waals surface area contributed by atoms with Crippen LogP contribution in [0.2, 0.25) is 0 Å². The molecule has 5 nitrogen and oxygen atoms in total. The number of carbonyl (C=O) groups is 1. The summed E-state index contributed by atoms with van der Waals surface area (Å²) in [6.45, 7) is 2.73. The Balaban J connectivity index is 1.79. The van der Waals surface area contributed by atoms with Gasteiger partial charge in [0.2, 0.25) is 0 Å². The average molecular weight is 227 g/mol. The van der Waals surface area contributed by atoms with Crippen molar-refractivity contribution in [1.82, 2.24) is 10.2 Å². The van der Waals surface area contributed by atoms with Crippen LogP contribution < -0.4 is 11.1 Å². The predicted octanol–water partition coefficient (Wildman–Crippen LogP) is -0.385. The summed E-state index contributed by atoms with van der Waals surface area (Å²) in [5.41, 5.74) is 5.49. The van der Waals surface area contributed by atoms with Gasteiger partial charge in [0.25, 0.3) is 0 Å². The zero-order valence-electron chi connectivity index (χ0n) is 9.56. The summed E-state index contributed by atoms with van der Waals surface area (Å²) < 4.78 is 0. The first-order valence-corrected chi connectivity index (χ1v) is 6.14. The lowest BCUT2D eigenvalue weighted by molar-refractivity contribution is -0.138. The van der Waals surface area contributed by atoms with Gasteiger partial charge in [-0.3, -0.25) is 9.69 Å². The number of nitrogens with zero attached hydrogens (tertiary/aromatic N) is 1. The molecule has 5 heteroatoms. The van der Waals surface area contributed by atoms with E-state index in [0.717, 1.165) is 13.0 Å². The fourth-order valence-corrected chi connectivity index (χ4v) is 2.85. The highest BCUT2D eigenvalue weighted by Gasteiger charge is 2.35. The Hall–Kier alpha value is -0.650. The molecule has 2 rings (SSSR count). The molecular formula is C11H21N3O2. The minimum atomic E-state index is -0.925. The highest BCUT2D eigenvalue weighted by atomic mass is 16.4. The Morgan fingerprint density at radius 1 is 1.44 bits per heavy atom. The normalized spacial score (nSPS) is 32.3. The molecule has 2 saturated heterocycles. The number of nitrogens with one attached hydrogen (secondary N) is 1. The molecule has 0 aliphatic carbocycles. The Kier molecular flexibility index (Phi) is 3.78. The molecule has 0 aromatic rings. The van der Waals surface area contributed by atoms with Crippen LogP contribution in [0.1, 0.15) is 25.7 Å². The van der Waals surface area contributed by atoms with Crippen LogP contribution in [0, 0.1) is 0 Å². The van der Waals surface area contributed by atoms with Gasteiger partial charge in [-0.1, -0.05) is 6.42 Å². The maximum atomic E-state index is 10.6. The average Bonchev–Trinajstić information content (AvgIpc) is 2.69. The van der Waals surface area contributed by atoms with E-state index in [-0.39, 0.29) is 0 Å². The molecule has 0 radical (unpaired) electrons. The molecule has 0 aromatic heterocycles. The summed E-state index contributed by atoms with van der Waals surface area (Å²) in [6.07, 6.45) is 4.96.